The van der Waals surface area contributed by atoms with E-state index in [9.17, 15) is 13.9 Å². The Morgan fingerprint density at radius 3 is 2.70 bits per heavy atom. The molecule has 1 aliphatic rings. The molecule has 0 amide bonds. The van der Waals surface area contributed by atoms with Crippen molar-refractivity contribution in [3.8, 4) is 6.07 Å². The molecule has 1 aromatic rings. The van der Waals surface area contributed by atoms with Crippen LogP contribution in [0.5, 0.6) is 0 Å². The Morgan fingerprint density at radius 2 is 2.10 bits per heavy atom. The molecule has 0 aliphatic carbocycles. The van der Waals surface area contributed by atoms with E-state index < -0.39 is 17.7 Å². The van der Waals surface area contributed by atoms with Crippen LogP contribution in [0.3, 0.4) is 0 Å². The first-order valence-corrected chi connectivity index (χ1v) is 6.41. The molecule has 0 aromatic heterocycles. The molecule has 1 aromatic carbocycles. The fourth-order valence-corrected chi connectivity index (χ4v) is 2.63. The van der Waals surface area contributed by atoms with Gasteiger partial charge in [0.05, 0.1) is 17.4 Å². The second-order valence-electron chi connectivity index (χ2n) is 5.33. The van der Waals surface area contributed by atoms with Gasteiger partial charge in [-0.2, -0.15) is 5.26 Å². The van der Waals surface area contributed by atoms with Gasteiger partial charge in [-0.1, -0.05) is 0 Å². The van der Waals surface area contributed by atoms with E-state index in [1.165, 1.54) is 12.1 Å². The summed E-state index contributed by atoms with van der Waals surface area (Å²) in [6, 6.07) is 4.20. The predicted octanol–water partition coefficient (Wildman–Crippen LogP) is 1.34. The number of rotatable bonds is 3. The highest BCUT2D eigenvalue weighted by molar-refractivity contribution is 5.54. The van der Waals surface area contributed by atoms with Crippen LogP contribution in [0.2, 0.25) is 0 Å². The van der Waals surface area contributed by atoms with Crippen LogP contribution in [0, 0.1) is 23.0 Å². The van der Waals surface area contributed by atoms with Crippen molar-refractivity contribution in [2.24, 2.45) is 0 Å². The number of benzene rings is 1. The summed E-state index contributed by atoms with van der Waals surface area (Å²) >= 11 is 0. The van der Waals surface area contributed by atoms with Crippen molar-refractivity contribution in [2.45, 2.75) is 18.6 Å². The van der Waals surface area contributed by atoms with Gasteiger partial charge in [-0.15, -0.1) is 0 Å². The van der Waals surface area contributed by atoms with Crippen LogP contribution in [-0.2, 0) is 0 Å². The van der Waals surface area contributed by atoms with Crippen LogP contribution in [0.25, 0.3) is 0 Å². The van der Waals surface area contributed by atoms with E-state index in [2.05, 4.69) is 0 Å². The Hall–Kier alpha value is -1.71. The molecule has 2 atom stereocenters. The first kappa shape index (κ1) is 14.7. The maximum atomic E-state index is 14.1. The third kappa shape index (κ3) is 2.74. The van der Waals surface area contributed by atoms with Gasteiger partial charge in [0.2, 0.25) is 0 Å². The summed E-state index contributed by atoms with van der Waals surface area (Å²) in [5.74, 6) is -2.16. The normalized spacial score (nSPS) is 22.4. The van der Waals surface area contributed by atoms with Crippen molar-refractivity contribution in [3.63, 3.8) is 0 Å². The molecule has 0 spiro atoms. The highest BCUT2D eigenvalue weighted by Gasteiger charge is 2.33. The molecule has 6 heteroatoms. The van der Waals surface area contributed by atoms with Crippen LogP contribution in [-0.4, -0.2) is 49.3 Å². The largest absolute Gasteiger partial charge is 0.391 e. The molecule has 4 nitrogen and oxygen atoms in total. The smallest absolute Gasteiger partial charge is 0.183 e. The van der Waals surface area contributed by atoms with E-state index in [-0.39, 0.29) is 23.8 Å². The van der Waals surface area contributed by atoms with Crippen LogP contribution < -0.4 is 4.90 Å². The van der Waals surface area contributed by atoms with Crippen molar-refractivity contribution in [1.82, 2.24) is 4.90 Å². The Morgan fingerprint density at radius 1 is 1.40 bits per heavy atom. The molecule has 2 unspecified atom stereocenters. The van der Waals surface area contributed by atoms with E-state index in [1.54, 1.807) is 11.0 Å². The van der Waals surface area contributed by atoms with Gasteiger partial charge in [0.15, 0.2) is 11.6 Å². The summed E-state index contributed by atoms with van der Waals surface area (Å²) in [5.41, 5.74) is -0.208. The van der Waals surface area contributed by atoms with E-state index in [1.807, 2.05) is 19.0 Å². The summed E-state index contributed by atoms with van der Waals surface area (Å²) in [6.07, 6.45) is -0.0442. The number of halogens is 2. The van der Waals surface area contributed by atoms with Gasteiger partial charge in [-0.25, -0.2) is 8.78 Å². The SMILES string of the molecule is CN(C)CC1CC(O)CN1c1ccc(C#N)c(F)c1F. The first-order chi connectivity index (χ1) is 9.43. The number of hydrogen-bond acceptors (Lipinski definition) is 4. The molecule has 2 rings (SSSR count). The molecule has 1 saturated heterocycles. The molecule has 0 bridgehead atoms. The maximum absolute atomic E-state index is 14.1. The van der Waals surface area contributed by atoms with Crippen molar-refractivity contribution in [3.05, 3.63) is 29.3 Å². The molecule has 20 heavy (non-hydrogen) atoms. The number of β-amino-alcohol motifs (C(OH)–C–C–N with tert-alkyl or cyclic N) is 1. The zero-order chi connectivity index (χ0) is 14.9. The second kappa shape index (κ2) is 5.73. The molecule has 1 fully saturated rings. The topological polar surface area (TPSA) is 50.5 Å². The van der Waals surface area contributed by atoms with Gasteiger partial charge in [0.1, 0.15) is 6.07 Å². The Balaban J connectivity index is 2.35. The summed E-state index contributed by atoms with van der Waals surface area (Å²) in [6.45, 7) is 0.902. The Kier molecular flexibility index (Phi) is 4.21. The average molecular weight is 281 g/mol. The highest BCUT2D eigenvalue weighted by Crippen LogP contribution is 2.30. The standard InChI is InChI=1S/C14H17F2N3O/c1-18(2)7-10-5-11(20)8-19(10)12-4-3-9(6-17)13(15)14(12)16/h3-4,10-11,20H,5,7-8H2,1-2H3. The van der Waals surface area contributed by atoms with Crippen LogP contribution in [0.1, 0.15) is 12.0 Å². The molecule has 1 N–H and O–H groups in total. The zero-order valence-corrected chi connectivity index (χ0v) is 11.5. The van der Waals surface area contributed by atoms with E-state index >= 15 is 0 Å². The third-order valence-corrected chi connectivity index (χ3v) is 3.46. The third-order valence-electron chi connectivity index (χ3n) is 3.46. The molecule has 0 radical (unpaired) electrons. The number of hydrogen-bond donors (Lipinski definition) is 1. The number of nitriles is 1. The van der Waals surface area contributed by atoms with Crippen LogP contribution in [0.15, 0.2) is 12.1 Å². The fraction of sp³-hybridized carbons (Fsp3) is 0.500. The second-order valence-corrected chi connectivity index (χ2v) is 5.33. The fourth-order valence-electron chi connectivity index (χ4n) is 2.63. The van der Waals surface area contributed by atoms with Gasteiger partial charge in [0, 0.05) is 19.1 Å². The van der Waals surface area contributed by atoms with E-state index in [4.69, 9.17) is 5.26 Å². The van der Waals surface area contributed by atoms with Gasteiger partial charge < -0.3 is 14.9 Å². The number of aliphatic hydroxyl groups is 1. The number of anilines is 1. The number of likely N-dealkylation sites (N-methyl/N-ethyl adjacent to an activating group) is 1. The summed E-state index contributed by atoms with van der Waals surface area (Å²) in [7, 11) is 3.78. The van der Waals surface area contributed by atoms with Gasteiger partial charge in [0.25, 0.3) is 0 Å². The number of aliphatic hydroxyl groups excluding tert-OH is 1. The first-order valence-electron chi connectivity index (χ1n) is 6.41. The Labute approximate surface area is 116 Å². The van der Waals surface area contributed by atoms with Gasteiger partial charge >= 0.3 is 0 Å². The van der Waals surface area contributed by atoms with Crippen LogP contribution in [0.4, 0.5) is 14.5 Å². The average Bonchev–Trinajstić information content (AvgIpc) is 2.72. The molecule has 0 saturated carbocycles. The monoisotopic (exact) mass is 281 g/mol. The molecular formula is C14H17F2N3O. The molecule has 1 heterocycles. The number of nitrogens with zero attached hydrogens (tertiary/aromatic N) is 3. The highest BCUT2D eigenvalue weighted by atomic mass is 19.2. The van der Waals surface area contributed by atoms with E-state index in [0.29, 0.717) is 13.0 Å². The molecule has 108 valence electrons. The summed E-state index contributed by atoms with van der Waals surface area (Å²) in [5, 5.41) is 18.5. The summed E-state index contributed by atoms with van der Waals surface area (Å²) in [4.78, 5) is 3.61. The molecule has 1 aliphatic heterocycles. The van der Waals surface area contributed by atoms with Gasteiger partial charge in [-0.3, -0.25) is 0 Å². The minimum atomic E-state index is -1.13. The zero-order valence-electron chi connectivity index (χ0n) is 11.5. The predicted molar refractivity (Wildman–Crippen MR) is 71.4 cm³/mol. The quantitative estimate of drug-likeness (QED) is 0.908. The lowest BCUT2D eigenvalue weighted by Crippen LogP contribution is -2.38. The maximum Gasteiger partial charge on any atom is 0.183 e. The van der Waals surface area contributed by atoms with E-state index in [0.717, 1.165) is 0 Å². The summed E-state index contributed by atoms with van der Waals surface area (Å²) < 4.78 is 27.8. The van der Waals surface area contributed by atoms with Gasteiger partial charge in [-0.05, 0) is 32.6 Å². The van der Waals surface area contributed by atoms with Crippen molar-refractivity contribution < 1.29 is 13.9 Å². The minimum Gasteiger partial charge on any atom is -0.391 e. The lowest BCUT2D eigenvalue weighted by molar-refractivity contribution is 0.191. The van der Waals surface area contributed by atoms with Crippen molar-refractivity contribution in [2.75, 3.05) is 32.1 Å². The van der Waals surface area contributed by atoms with Crippen molar-refractivity contribution >= 4 is 5.69 Å². The van der Waals surface area contributed by atoms with Crippen molar-refractivity contribution in [1.29, 1.82) is 5.26 Å². The lowest BCUT2D eigenvalue weighted by atomic mass is 10.1. The Bertz CT molecular complexity index is 542. The molecular weight excluding hydrogens is 264 g/mol. The lowest BCUT2D eigenvalue weighted by Gasteiger charge is -2.29. The van der Waals surface area contributed by atoms with Crippen LogP contribution >= 0.6 is 0 Å². The minimum absolute atomic E-state index is 0.0816.